The molecule has 0 unspecified atom stereocenters. The first kappa shape index (κ1) is 20.9. The number of carboxylic acid groups (broad SMARTS) is 1. The number of anilines is 1. The van der Waals surface area contributed by atoms with Gasteiger partial charge < -0.3 is 14.6 Å². The normalized spacial score (nSPS) is 15.0. The highest BCUT2D eigenvalue weighted by Crippen LogP contribution is 2.40. The number of rotatable bonds is 5. The van der Waals surface area contributed by atoms with Crippen LogP contribution in [-0.4, -0.2) is 35.5 Å². The number of hydrogen-bond acceptors (Lipinski definition) is 6. The van der Waals surface area contributed by atoms with E-state index >= 15 is 0 Å². The maximum atomic E-state index is 13.3. The van der Waals surface area contributed by atoms with E-state index in [4.69, 9.17) is 21.7 Å². The monoisotopic (exact) mass is 451 g/mol. The first-order valence-corrected chi connectivity index (χ1v) is 10.4. The van der Waals surface area contributed by atoms with Gasteiger partial charge in [0.2, 0.25) is 0 Å². The van der Waals surface area contributed by atoms with Gasteiger partial charge in [-0.05, 0) is 29.2 Å². The molecule has 0 saturated carbocycles. The molecule has 1 saturated heterocycles. The van der Waals surface area contributed by atoms with Crippen molar-refractivity contribution in [2.75, 3.05) is 19.1 Å². The molecule has 1 N–H and O–H groups in total. The lowest BCUT2D eigenvalue weighted by Gasteiger charge is -2.17. The third-order valence-electron chi connectivity index (χ3n) is 4.88. The molecule has 1 aliphatic rings. The zero-order valence-corrected chi connectivity index (χ0v) is 18.3. The van der Waals surface area contributed by atoms with Gasteiger partial charge in [-0.3, -0.25) is 9.69 Å². The first-order chi connectivity index (χ1) is 15.0. The topological polar surface area (TPSA) is 76.1 Å². The molecule has 1 fully saturated rings. The molecule has 8 heteroatoms. The first-order valence-electron chi connectivity index (χ1n) is 9.20. The molecule has 1 aliphatic heterocycles. The number of methoxy groups -OCH3 is 2. The zero-order valence-electron chi connectivity index (χ0n) is 16.6. The van der Waals surface area contributed by atoms with Gasteiger partial charge in [0, 0.05) is 5.39 Å². The van der Waals surface area contributed by atoms with E-state index < -0.39 is 5.97 Å². The van der Waals surface area contributed by atoms with Crippen LogP contribution in [0.3, 0.4) is 0 Å². The van der Waals surface area contributed by atoms with Crippen molar-refractivity contribution in [3.8, 4) is 11.5 Å². The molecule has 0 spiro atoms. The van der Waals surface area contributed by atoms with Gasteiger partial charge in [-0.2, -0.15) is 0 Å². The number of benzene rings is 3. The number of amides is 1. The van der Waals surface area contributed by atoms with Crippen molar-refractivity contribution in [3.63, 3.8) is 0 Å². The predicted molar refractivity (Wildman–Crippen MR) is 126 cm³/mol. The van der Waals surface area contributed by atoms with Crippen LogP contribution in [0.25, 0.3) is 16.8 Å². The van der Waals surface area contributed by atoms with Gasteiger partial charge in [0.25, 0.3) is 5.91 Å². The van der Waals surface area contributed by atoms with E-state index in [2.05, 4.69) is 0 Å². The van der Waals surface area contributed by atoms with E-state index in [0.29, 0.717) is 26.2 Å². The van der Waals surface area contributed by atoms with Gasteiger partial charge in [0.1, 0.15) is 5.56 Å². The van der Waals surface area contributed by atoms with E-state index in [1.54, 1.807) is 12.1 Å². The number of hydrogen-bond donors (Lipinski definition) is 1. The number of thioether (sulfide) groups is 1. The third-order valence-corrected chi connectivity index (χ3v) is 6.18. The molecule has 3 aromatic rings. The van der Waals surface area contributed by atoms with Crippen molar-refractivity contribution in [1.29, 1.82) is 0 Å². The standard InChI is InChI=1S/C23H17NO5S2/c1-28-17-11-10-14(19(22(26)27)20(17)29-2)12-18-21(25)24(23(30)31-18)16-9-5-7-13-6-3-4-8-15(13)16/h3-12H,1-2H3,(H,26,27)/b18-12-. The summed E-state index contributed by atoms with van der Waals surface area (Å²) >= 11 is 6.62. The Hall–Kier alpha value is -3.36. The minimum absolute atomic E-state index is 0.0859. The quantitative estimate of drug-likeness (QED) is 0.434. The second-order valence-electron chi connectivity index (χ2n) is 6.59. The molecule has 1 amide bonds. The van der Waals surface area contributed by atoms with Gasteiger partial charge in [0.15, 0.2) is 15.8 Å². The number of fused-ring (bicyclic) bond motifs is 1. The third kappa shape index (κ3) is 3.64. The van der Waals surface area contributed by atoms with Crippen LogP contribution in [-0.2, 0) is 4.79 Å². The summed E-state index contributed by atoms with van der Waals surface area (Å²) in [5.41, 5.74) is 0.926. The van der Waals surface area contributed by atoms with Gasteiger partial charge in [-0.15, -0.1) is 0 Å². The van der Waals surface area contributed by atoms with Crippen LogP contribution in [0.4, 0.5) is 5.69 Å². The minimum atomic E-state index is -1.19. The van der Waals surface area contributed by atoms with E-state index in [-0.39, 0.29) is 17.2 Å². The molecule has 0 atom stereocenters. The average molecular weight is 452 g/mol. The van der Waals surface area contributed by atoms with Crippen LogP contribution in [0.5, 0.6) is 11.5 Å². The van der Waals surface area contributed by atoms with Crippen molar-refractivity contribution in [3.05, 3.63) is 70.6 Å². The summed E-state index contributed by atoms with van der Waals surface area (Å²) in [5, 5.41) is 11.6. The van der Waals surface area contributed by atoms with Crippen molar-refractivity contribution in [2.45, 2.75) is 0 Å². The van der Waals surface area contributed by atoms with Crippen LogP contribution in [0.2, 0.25) is 0 Å². The Balaban J connectivity index is 1.80. The lowest BCUT2D eigenvalue weighted by atomic mass is 10.0. The Bertz CT molecular complexity index is 1260. The molecule has 156 valence electrons. The maximum absolute atomic E-state index is 13.3. The molecule has 1 heterocycles. The Morgan fingerprint density at radius 3 is 2.52 bits per heavy atom. The van der Waals surface area contributed by atoms with Gasteiger partial charge in [-0.1, -0.05) is 66.4 Å². The number of aromatic carboxylic acids is 1. The van der Waals surface area contributed by atoms with Crippen molar-refractivity contribution in [1.82, 2.24) is 0 Å². The molecule has 0 aliphatic carbocycles. The molecule has 4 rings (SSSR count). The Labute approximate surface area is 188 Å². The highest BCUT2D eigenvalue weighted by molar-refractivity contribution is 8.27. The average Bonchev–Trinajstić information content (AvgIpc) is 3.05. The number of carboxylic acids is 1. The van der Waals surface area contributed by atoms with Gasteiger partial charge in [0.05, 0.1) is 24.8 Å². The lowest BCUT2D eigenvalue weighted by molar-refractivity contribution is -0.113. The second-order valence-corrected chi connectivity index (χ2v) is 8.26. The summed E-state index contributed by atoms with van der Waals surface area (Å²) in [4.78, 5) is 27.0. The smallest absolute Gasteiger partial charge is 0.340 e. The molecule has 31 heavy (non-hydrogen) atoms. The summed E-state index contributed by atoms with van der Waals surface area (Å²) in [7, 11) is 2.80. The molecule has 3 aromatic carbocycles. The number of ether oxygens (including phenoxy) is 2. The maximum Gasteiger partial charge on any atom is 0.340 e. The fourth-order valence-corrected chi connectivity index (χ4v) is 4.78. The molecule has 0 aromatic heterocycles. The number of carbonyl (C=O) groups excluding carboxylic acids is 1. The largest absolute Gasteiger partial charge is 0.493 e. The summed E-state index contributed by atoms with van der Waals surface area (Å²) in [6.07, 6.45) is 1.52. The predicted octanol–water partition coefficient (Wildman–Crippen LogP) is 4.96. The van der Waals surface area contributed by atoms with Crippen LogP contribution in [0.15, 0.2) is 59.5 Å². The zero-order chi connectivity index (χ0) is 22.1. The summed E-state index contributed by atoms with van der Waals surface area (Å²) in [6, 6.07) is 16.6. The van der Waals surface area contributed by atoms with E-state index in [9.17, 15) is 14.7 Å². The van der Waals surface area contributed by atoms with E-state index in [1.165, 1.54) is 25.2 Å². The van der Waals surface area contributed by atoms with Crippen molar-refractivity contribution < 1.29 is 24.2 Å². The SMILES string of the molecule is COc1ccc(/C=C2\SC(=S)N(c3cccc4ccccc34)C2=O)c(C(=O)O)c1OC. The number of thiocarbonyl (C=S) groups is 1. The minimum Gasteiger partial charge on any atom is -0.493 e. The summed E-state index contributed by atoms with van der Waals surface area (Å²) in [5.74, 6) is -1.11. The number of nitrogens with zero attached hydrogens (tertiary/aromatic N) is 1. The molecule has 0 bridgehead atoms. The van der Waals surface area contributed by atoms with Crippen molar-refractivity contribution in [2.24, 2.45) is 0 Å². The van der Waals surface area contributed by atoms with E-state index in [0.717, 1.165) is 22.5 Å². The molecule has 6 nitrogen and oxygen atoms in total. The summed E-state index contributed by atoms with van der Waals surface area (Å²) in [6.45, 7) is 0. The van der Waals surface area contributed by atoms with Gasteiger partial charge in [-0.25, -0.2) is 4.79 Å². The number of carbonyl (C=O) groups is 2. The molecular formula is C23H17NO5S2. The second kappa shape index (κ2) is 8.41. The van der Waals surface area contributed by atoms with Crippen molar-refractivity contribution >= 4 is 62.7 Å². The summed E-state index contributed by atoms with van der Waals surface area (Å²) < 4.78 is 10.8. The Kier molecular flexibility index (Phi) is 5.67. The van der Waals surface area contributed by atoms with Crippen LogP contribution in [0, 0.1) is 0 Å². The molecule has 0 radical (unpaired) electrons. The van der Waals surface area contributed by atoms with Crippen LogP contribution >= 0.6 is 24.0 Å². The molecular weight excluding hydrogens is 434 g/mol. The van der Waals surface area contributed by atoms with Gasteiger partial charge >= 0.3 is 5.97 Å². The highest BCUT2D eigenvalue weighted by Gasteiger charge is 2.34. The fourth-order valence-electron chi connectivity index (χ4n) is 3.50. The van der Waals surface area contributed by atoms with Crippen LogP contribution < -0.4 is 14.4 Å². The Morgan fingerprint density at radius 1 is 1.06 bits per heavy atom. The lowest BCUT2D eigenvalue weighted by Crippen LogP contribution is -2.27. The van der Waals surface area contributed by atoms with Crippen LogP contribution in [0.1, 0.15) is 15.9 Å². The highest BCUT2D eigenvalue weighted by atomic mass is 32.2. The van der Waals surface area contributed by atoms with E-state index in [1.807, 2.05) is 42.5 Å². The fraction of sp³-hybridized carbons (Fsp3) is 0.0870. The Morgan fingerprint density at radius 2 is 1.81 bits per heavy atom.